The molecule has 0 bridgehead atoms. The van der Waals surface area contributed by atoms with Crippen molar-refractivity contribution in [3.63, 3.8) is 0 Å². The Kier molecular flexibility index (Phi) is 5.60. The molecule has 1 aliphatic rings. The van der Waals surface area contributed by atoms with Gasteiger partial charge in [0.2, 0.25) is 0 Å². The summed E-state index contributed by atoms with van der Waals surface area (Å²) in [5, 5.41) is 4.59. The van der Waals surface area contributed by atoms with Gasteiger partial charge in [-0.05, 0) is 19.9 Å². The van der Waals surface area contributed by atoms with E-state index in [-0.39, 0.29) is 0 Å². The number of thiazole rings is 1. The van der Waals surface area contributed by atoms with Gasteiger partial charge < -0.3 is 15.0 Å². The van der Waals surface area contributed by atoms with Crippen LogP contribution in [0, 0.1) is 0 Å². The highest BCUT2D eigenvalue weighted by Crippen LogP contribution is 2.29. The number of ether oxygens (including phenoxy) is 1. The van der Waals surface area contributed by atoms with Gasteiger partial charge in [0.25, 0.3) is 0 Å². The van der Waals surface area contributed by atoms with Crippen molar-refractivity contribution in [2.24, 2.45) is 0 Å². The van der Waals surface area contributed by atoms with Crippen LogP contribution in [0.5, 0.6) is 0 Å². The zero-order chi connectivity index (χ0) is 13.7. The first kappa shape index (κ1) is 14.8. The molecule has 0 radical (unpaired) electrons. The second-order valence-corrected chi connectivity index (χ2v) is 6.08. The van der Waals surface area contributed by atoms with Gasteiger partial charge >= 0.3 is 0 Å². The van der Waals surface area contributed by atoms with Crippen molar-refractivity contribution in [2.45, 2.75) is 46.2 Å². The first-order valence-corrected chi connectivity index (χ1v) is 8.11. The monoisotopic (exact) mass is 283 g/mol. The number of anilines is 1. The zero-order valence-corrected chi connectivity index (χ0v) is 13.1. The summed E-state index contributed by atoms with van der Waals surface area (Å²) in [7, 11) is 0. The SMILES string of the molecule is CCCc1nc(N2CCOCC2C)sc1CNCC. The maximum absolute atomic E-state index is 5.51. The van der Waals surface area contributed by atoms with Crippen molar-refractivity contribution < 1.29 is 4.74 Å². The minimum atomic E-state index is 0.432. The number of hydrogen-bond donors (Lipinski definition) is 1. The lowest BCUT2D eigenvalue weighted by Crippen LogP contribution is -2.43. The fourth-order valence-corrected chi connectivity index (χ4v) is 3.52. The summed E-state index contributed by atoms with van der Waals surface area (Å²) < 4.78 is 5.51. The molecule has 2 rings (SSSR count). The summed E-state index contributed by atoms with van der Waals surface area (Å²) in [6, 6.07) is 0.432. The average molecular weight is 283 g/mol. The summed E-state index contributed by atoms with van der Waals surface area (Å²) >= 11 is 1.85. The first-order chi connectivity index (χ1) is 9.26. The Morgan fingerprint density at radius 2 is 2.32 bits per heavy atom. The Labute approximate surface area is 120 Å². The minimum absolute atomic E-state index is 0.432. The number of rotatable bonds is 6. The third-order valence-corrected chi connectivity index (χ3v) is 4.54. The molecule has 0 spiro atoms. The summed E-state index contributed by atoms with van der Waals surface area (Å²) in [4.78, 5) is 8.67. The standard InChI is InChI=1S/C14H25N3OS/c1-4-6-12-13(9-15-5-2)19-14(16-12)17-7-8-18-10-11(17)3/h11,15H,4-10H2,1-3H3. The van der Waals surface area contributed by atoms with Gasteiger partial charge in [-0.2, -0.15) is 0 Å². The molecule has 1 N–H and O–H groups in total. The van der Waals surface area contributed by atoms with Crippen LogP contribution in [-0.2, 0) is 17.7 Å². The molecule has 1 fully saturated rings. The third kappa shape index (κ3) is 3.68. The molecule has 1 unspecified atom stereocenters. The smallest absolute Gasteiger partial charge is 0.186 e. The lowest BCUT2D eigenvalue weighted by atomic mass is 10.2. The van der Waals surface area contributed by atoms with Crippen LogP contribution in [0.2, 0.25) is 0 Å². The van der Waals surface area contributed by atoms with Crippen LogP contribution in [0.1, 0.15) is 37.8 Å². The van der Waals surface area contributed by atoms with Gasteiger partial charge in [-0.1, -0.05) is 20.3 Å². The van der Waals surface area contributed by atoms with E-state index in [0.717, 1.165) is 45.7 Å². The molecule has 0 aliphatic carbocycles. The van der Waals surface area contributed by atoms with E-state index < -0.39 is 0 Å². The van der Waals surface area contributed by atoms with E-state index in [1.165, 1.54) is 15.7 Å². The molecule has 5 heteroatoms. The number of aryl methyl sites for hydroxylation is 1. The van der Waals surface area contributed by atoms with Crippen LogP contribution in [0.3, 0.4) is 0 Å². The first-order valence-electron chi connectivity index (χ1n) is 7.29. The molecule has 1 saturated heterocycles. The van der Waals surface area contributed by atoms with Crippen molar-refractivity contribution in [1.82, 2.24) is 10.3 Å². The molecule has 2 heterocycles. The third-order valence-electron chi connectivity index (χ3n) is 3.40. The van der Waals surface area contributed by atoms with Gasteiger partial charge in [0.15, 0.2) is 5.13 Å². The molecule has 1 aromatic rings. The van der Waals surface area contributed by atoms with Crippen LogP contribution < -0.4 is 10.2 Å². The topological polar surface area (TPSA) is 37.4 Å². The predicted octanol–water partition coefficient (Wildman–Crippen LogP) is 2.43. The Morgan fingerprint density at radius 3 is 3.00 bits per heavy atom. The number of nitrogens with zero attached hydrogens (tertiary/aromatic N) is 2. The van der Waals surface area contributed by atoms with E-state index in [4.69, 9.17) is 9.72 Å². The van der Waals surface area contributed by atoms with Crippen molar-refractivity contribution in [2.75, 3.05) is 31.2 Å². The summed E-state index contributed by atoms with van der Waals surface area (Å²) in [5.41, 5.74) is 1.28. The van der Waals surface area contributed by atoms with Gasteiger partial charge in [-0.15, -0.1) is 11.3 Å². The zero-order valence-electron chi connectivity index (χ0n) is 12.2. The molecule has 0 aromatic carbocycles. The van der Waals surface area contributed by atoms with Crippen LogP contribution in [0.25, 0.3) is 0 Å². The molecular weight excluding hydrogens is 258 g/mol. The maximum Gasteiger partial charge on any atom is 0.186 e. The Bertz CT molecular complexity index is 394. The molecule has 1 aliphatic heterocycles. The summed E-state index contributed by atoms with van der Waals surface area (Å²) in [6.07, 6.45) is 2.23. The van der Waals surface area contributed by atoms with Crippen LogP contribution in [0.15, 0.2) is 0 Å². The molecule has 1 atom stereocenters. The second-order valence-electron chi connectivity index (χ2n) is 5.01. The van der Waals surface area contributed by atoms with Gasteiger partial charge in [0, 0.05) is 18.0 Å². The van der Waals surface area contributed by atoms with E-state index in [9.17, 15) is 0 Å². The summed E-state index contributed by atoms with van der Waals surface area (Å²) in [5.74, 6) is 0. The van der Waals surface area contributed by atoms with Crippen LogP contribution >= 0.6 is 11.3 Å². The lowest BCUT2D eigenvalue weighted by Gasteiger charge is -2.32. The highest BCUT2D eigenvalue weighted by Gasteiger charge is 2.23. The second kappa shape index (κ2) is 7.22. The fourth-order valence-electron chi connectivity index (χ4n) is 2.31. The van der Waals surface area contributed by atoms with Gasteiger partial charge in [0.1, 0.15) is 0 Å². The highest BCUT2D eigenvalue weighted by molar-refractivity contribution is 7.15. The predicted molar refractivity (Wildman–Crippen MR) is 81.1 cm³/mol. The van der Waals surface area contributed by atoms with E-state index in [1.54, 1.807) is 0 Å². The van der Waals surface area contributed by atoms with Gasteiger partial charge in [-0.3, -0.25) is 0 Å². The minimum Gasteiger partial charge on any atom is -0.377 e. The number of nitrogens with one attached hydrogen (secondary N) is 1. The molecule has 4 nitrogen and oxygen atoms in total. The summed E-state index contributed by atoms with van der Waals surface area (Å²) in [6.45, 7) is 11.1. The van der Waals surface area contributed by atoms with E-state index in [0.29, 0.717) is 6.04 Å². The Balaban J connectivity index is 2.15. The average Bonchev–Trinajstić information content (AvgIpc) is 2.80. The van der Waals surface area contributed by atoms with Crippen LogP contribution in [0.4, 0.5) is 5.13 Å². The van der Waals surface area contributed by atoms with E-state index >= 15 is 0 Å². The number of aromatic nitrogens is 1. The maximum atomic E-state index is 5.51. The number of hydrogen-bond acceptors (Lipinski definition) is 5. The highest BCUT2D eigenvalue weighted by atomic mass is 32.1. The van der Waals surface area contributed by atoms with E-state index in [2.05, 4.69) is 31.0 Å². The van der Waals surface area contributed by atoms with Gasteiger partial charge in [-0.25, -0.2) is 4.98 Å². The van der Waals surface area contributed by atoms with Crippen molar-refractivity contribution in [3.05, 3.63) is 10.6 Å². The van der Waals surface area contributed by atoms with Crippen molar-refractivity contribution >= 4 is 16.5 Å². The quantitative estimate of drug-likeness (QED) is 0.870. The Hall–Kier alpha value is -0.650. The molecule has 0 saturated carbocycles. The molecule has 0 amide bonds. The molecular formula is C14H25N3OS. The normalized spacial score (nSPS) is 19.9. The number of morpholine rings is 1. The fraction of sp³-hybridized carbons (Fsp3) is 0.786. The van der Waals surface area contributed by atoms with E-state index in [1.807, 2.05) is 11.3 Å². The van der Waals surface area contributed by atoms with Crippen molar-refractivity contribution in [3.8, 4) is 0 Å². The molecule has 1 aromatic heterocycles. The largest absolute Gasteiger partial charge is 0.377 e. The van der Waals surface area contributed by atoms with Crippen molar-refractivity contribution in [1.29, 1.82) is 0 Å². The molecule has 19 heavy (non-hydrogen) atoms. The van der Waals surface area contributed by atoms with Crippen LogP contribution in [-0.4, -0.2) is 37.3 Å². The lowest BCUT2D eigenvalue weighted by molar-refractivity contribution is 0.0989. The Morgan fingerprint density at radius 1 is 1.47 bits per heavy atom. The molecule has 108 valence electrons. The van der Waals surface area contributed by atoms with Gasteiger partial charge in [0.05, 0.1) is 24.9 Å².